The highest BCUT2D eigenvalue weighted by Gasteiger charge is 2.31. The lowest BCUT2D eigenvalue weighted by atomic mass is 9.93. The van der Waals surface area contributed by atoms with Crippen molar-refractivity contribution in [1.29, 1.82) is 0 Å². The monoisotopic (exact) mass is 354 g/mol. The van der Waals surface area contributed by atoms with Crippen molar-refractivity contribution in [2.45, 2.75) is 26.3 Å². The molecule has 0 fully saturated rings. The van der Waals surface area contributed by atoms with Crippen LogP contribution in [0.1, 0.15) is 31.0 Å². The van der Waals surface area contributed by atoms with E-state index in [0.717, 1.165) is 27.1 Å². The fourth-order valence-electron chi connectivity index (χ4n) is 3.40. The molecule has 1 unspecified atom stereocenters. The molecule has 7 nitrogen and oxygen atoms in total. The lowest BCUT2D eigenvalue weighted by Crippen LogP contribution is -2.46. The number of nitrogens with one attached hydrogen (secondary N) is 2. The van der Waals surface area contributed by atoms with Crippen LogP contribution in [0, 0.1) is 0 Å². The Morgan fingerprint density at radius 3 is 2.77 bits per heavy atom. The molecule has 1 atom stereocenters. The standard InChI is InChI=1S/C19H22N4O3/c1-5-17(25)20-13-6-7-15-14(8-13)18-11(2)9-23(10-16(18)21-15)19(26)22(4)12(3)24/h5-8,11,21H,1,9-10H2,2-4H3,(H,20,25). The van der Waals surface area contributed by atoms with Gasteiger partial charge in [0, 0.05) is 48.7 Å². The number of imide groups is 1. The zero-order valence-corrected chi connectivity index (χ0v) is 15.1. The predicted octanol–water partition coefficient (Wildman–Crippen LogP) is 2.81. The third kappa shape index (κ3) is 3.08. The predicted molar refractivity (Wildman–Crippen MR) is 99.8 cm³/mol. The molecule has 7 heteroatoms. The topological polar surface area (TPSA) is 85.5 Å². The molecule has 1 aliphatic heterocycles. The molecule has 2 heterocycles. The Morgan fingerprint density at radius 1 is 1.38 bits per heavy atom. The number of carbonyl (C=O) groups excluding carboxylic acids is 3. The van der Waals surface area contributed by atoms with Crippen LogP contribution in [0.3, 0.4) is 0 Å². The first kappa shape index (κ1) is 17.7. The zero-order valence-electron chi connectivity index (χ0n) is 15.1. The summed E-state index contributed by atoms with van der Waals surface area (Å²) in [6, 6.07) is 5.37. The molecule has 1 aromatic carbocycles. The third-order valence-corrected chi connectivity index (χ3v) is 4.74. The van der Waals surface area contributed by atoms with Gasteiger partial charge < -0.3 is 15.2 Å². The Hall–Kier alpha value is -3.09. The van der Waals surface area contributed by atoms with Crippen molar-refractivity contribution in [3.8, 4) is 0 Å². The van der Waals surface area contributed by atoms with Gasteiger partial charge in [0.25, 0.3) is 0 Å². The molecular formula is C19H22N4O3. The van der Waals surface area contributed by atoms with E-state index in [1.807, 2.05) is 25.1 Å². The number of H-pyrrole nitrogens is 1. The number of anilines is 1. The first-order valence-corrected chi connectivity index (χ1v) is 8.43. The maximum absolute atomic E-state index is 12.5. The van der Waals surface area contributed by atoms with Crippen LogP contribution in [-0.4, -0.2) is 46.2 Å². The van der Waals surface area contributed by atoms with Crippen LogP contribution in [0.25, 0.3) is 10.9 Å². The largest absolute Gasteiger partial charge is 0.357 e. The van der Waals surface area contributed by atoms with Gasteiger partial charge in [-0.1, -0.05) is 13.5 Å². The van der Waals surface area contributed by atoms with Crippen LogP contribution < -0.4 is 5.32 Å². The van der Waals surface area contributed by atoms with Crippen molar-refractivity contribution >= 4 is 34.4 Å². The number of hydrogen-bond acceptors (Lipinski definition) is 3. The van der Waals surface area contributed by atoms with Crippen LogP contribution in [0.15, 0.2) is 30.9 Å². The normalized spacial score (nSPS) is 16.1. The second-order valence-electron chi connectivity index (χ2n) is 6.61. The number of benzene rings is 1. The minimum absolute atomic E-state index is 0.0992. The van der Waals surface area contributed by atoms with Crippen LogP contribution in [0.4, 0.5) is 10.5 Å². The van der Waals surface area contributed by atoms with E-state index >= 15 is 0 Å². The quantitative estimate of drug-likeness (QED) is 0.813. The summed E-state index contributed by atoms with van der Waals surface area (Å²) in [5.41, 5.74) is 3.75. The van der Waals surface area contributed by atoms with Gasteiger partial charge in [0.2, 0.25) is 11.8 Å². The highest BCUT2D eigenvalue weighted by Crippen LogP contribution is 2.36. The smallest absolute Gasteiger partial charge is 0.326 e. The molecule has 0 saturated carbocycles. The van der Waals surface area contributed by atoms with Crippen molar-refractivity contribution < 1.29 is 14.4 Å². The van der Waals surface area contributed by atoms with E-state index in [4.69, 9.17) is 0 Å². The van der Waals surface area contributed by atoms with Gasteiger partial charge in [-0.25, -0.2) is 4.79 Å². The van der Waals surface area contributed by atoms with Crippen LogP contribution in [-0.2, 0) is 16.1 Å². The van der Waals surface area contributed by atoms with Crippen LogP contribution >= 0.6 is 0 Å². The fraction of sp³-hybridized carbons (Fsp3) is 0.316. The van der Waals surface area contributed by atoms with E-state index in [-0.39, 0.29) is 23.8 Å². The lowest BCUT2D eigenvalue weighted by Gasteiger charge is -2.33. The Morgan fingerprint density at radius 2 is 2.12 bits per heavy atom. The first-order valence-electron chi connectivity index (χ1n) is 8.43. The minimum Gasteiger partial charge on any atom is -0.357 e. The molecule has 0 spiro atoms. The first-order chi connectivity index (χ1) is 12.3. The number of carbonyl (C=O) groups is 3. The van der Waals surface area contributed by atoms with E-state index in [1.165, 1.54) is 20.0 Å². The highest BCUT2D eigenvalue weighted by atomic mass is 16.2. The van der Waals surface area contributed by atoms with E-state index in [9.17, 15) is 14.4 Å². The molecule has 3 rings (SSSR count). The number of urea groups is 1. The molecule has 0 bridgehead atoms. The van der Waals surface area contributed by atoms with Gasteiger partial charge in [-0.15, -0.1) is 0 Å². The molecule has 2 N–H and O–H groups in total. The summed E-state index contributed by atoms with van der Waals surface area (Å²) in [6.45, 7) is 7.83. The van der Waals surface area contributed by atoms with E-state index < -0.39 is 0 Å². The van der Waals surface area contributed by atoms with Crippen LogP contribution in [0.5, 0.6) is 0 Å². The summed E-state index contributed by atoms with van der Waals surface area (Å²) in [5.74, 6) is -0.444. The number of rotatable bonds is 2. The minimum atomic E-state index is -0.299. The number of nitrogens with zero attached hydrogens (tertiary/aromatic N) is 2. The molecule has 136 valence electrons. The average Bonchev–Trinajstić information content (AvgIpc) is 2.98. The van der Waals surface area contributed by atoms with Gasteiger partial charge in [0.1, 0.15) is 0 Å². The third-order valence-electron chi connectivity index (χ3n) is 4.74. The number of hydrogen-bond donors (Lipinski definition) is 2. The van der Waals surface area contributed by atoms with Crippen molar-refractivity contribution in [2.75, 3.05) is 18.9 Å². The second-order valence-corrected chi connectivity index (χ2v) is 6.61. The van der Waals surface area contributed by atoms with Gasteiger partial charge in [0.15, 0.2) is 0 Å². The molecule has 0 aliphatic carbocycles. The fourth-order valence-corrected chi connectivity index (χ4v) is 3.40. The molecule has 26 heavy (non-hydrogen) atoms. The van der Waals surface area contributed by atoms with Crippen molar-refractivity contribution in [3.63, 3.8) is 0 Å². The molecule has 0 radical (unpaired) electrons. The van der Waals surface area contributed by atoms with Crippen LogP contribution in [0.2, 0.25) is 0 Å². The van der Waals surface area contributed by atoms with E-state index in [1.54, 1.807) is 4.90 Å². The van der Waals surface area contributed by atoms with Gasteiger partial charge in [0.05, 0.1) is 6.54 Å². The Bertz CT molecular complexity index is 915. The number of amides is 4. The average molecular weight is 354 g/mol. The maximum atomic E-state index is 12.5. The van der Waals surface area contributed by atoms with E-state index in [2.05, 4.69) is 16.9 Å². The second kappa shape index (κ2) is 6.67. The number of aromatic nitrogens is 1. The van der Waals surface area contributed by atoms with Crippen molar-refractivity contribution in [2.24, 2.45) is 0 Å². The van der Waals surface area contributed by atoms with Gasteiger partial charge in [-0.2, -0.15) is 0 Å². The molecule has 0 saturated heterocycles. The number of fused-ring (bicyclic) bond motifs is 3. The molecule has 2 aromatic rings. The van der Waals surface area contributed by atoms with Gasteiger partial charge in [-0.3, -0.25) is 14.5 Å². The summed E-state index contributed by atoms with van der Waals surface area (Å²) < 4.78 is 0. The Labute approximate surface area is 151 Å². The number of aromatic amines is 1. The highest BCUT2D eigenvalue weighted by molar-refractivity contribution is 6.01. The van der Waals surface area contributed by atoms with Gasteiger partial charge >= 0.3 is 6.03 Å². The summed E-state index contributed by atoms with van der Waals surface area (Å²) in [5, 5.41) is 3.80. The van der Waals surface area contributed by atoms with Gasteiger partial charge in [-0.05, 0) is 29.8 Å². The molecular weight excluding hydrogens is 332 g/mol. The lowest BCUT2D eigenvalue weighted by molar-refractivity contribution is -0.125. The van der Waals surface area contributed by atoms with E-state index in [0.29, 0.717) is 18.8 Å². The molecule has 1 aromatic heterocycles. The molecule has 1 aliphatic rings. The Kier molecular flexibility index (Phi) is 4.54. The van der Waals surface area contributed by atoms with Crippen molar-refractivity contribution in [1.82, 2.24) is 14.8 Å². The zero-order chi connectivity index (χ0) is 19.0. The summed E-state index contributed by atoms with van der Waals surface area (Å²) in [6.07, 6.45) is 1.23. The summed E-state index contributed by atoms with van der Waals surface area (Å²) >= 11 is 0. The SMILES string of the molecule is C=CC(=O)Nc1ccc2[nH]c3c(c2c1)C(C)CN(C(=O)N(C)C(C)=O)C3. The molecule has 4 amide bonds. The summed E-state index contributed by atoms with van der Waals surface area (Å²) in [4.78, 5) is 41.6. The Balaban J connectivity index is 1.94. The maximum Gasteiger partial charge on any atom is 0.326 e. The van der Waals surface area contributed by atoms with Crippen molar-refractivity contribution in [3.05, 3.63) is 42.1 Å². The summed E-state index contributed by atoms with van der Waals surface area (Å²) in [7, 11) is 1.49.